The minimum Gasteiger partial charge on any atom is -0.330 e. The molecule has 0 amide bonds. The molecule has 2 N–H and O–H groups in total. The fourth-order valence-corrected chi connectivity index (χ4v) is 3.56. The van der Waals surface area contributed by atoms with Crippen molar-refractivity contribution in [3.63, 3.8) is 0 Å². The third-order valence-electron chi connectivity index (χ3n) is 5.09. The monoisotopic (exact) mass is 286 g/mol. The molecule has 0 radical (unpaired) electrons. The number of nitrogens with zero attached hydrogens (tertiary/aromatic N) is 3. The average Bonchev–Trinajstić information content (AvgIpc) is 2.85. The summed E-state index contributed by atoms with van der Waals surface area (Å²) < 4.78 is 2.23. The third kappa shape index (κ3) is 2.58. The van der Waals surface area contributed by atoms with Gasteiger partial charge in [-0.1, -0.05) is 25.5 Å². The summed E-state index contributed by atoms with van der Waals surface area (Å²) in [5, 5.41) is 0. The average molecular weight is 286 g/mol. The van der Waals surface area contributed by atoms with Gasteiger partial charge >= 0.3 is 0 Å². The summed E-state index contributed by atoms with van der Waals surface area (Å²) in [7, 11) is 2.12. The zero-order chi connectivity index (χ0) is 15.0. The van der Waals surface area contributed by atoms with Gasteiger partial charge in [-0.3, -0.25) is 4.90 Å². The van der Waals surface area contributed by atoms with Crippen LogP contribution in [0.3, 0.4) is 0 Å². The van der Waals surface area contributed by atoms with Gasteiger partial charge in [-0.2, -0.15) is 0 Å². The van der Waals surface area contributed by atoms with Gasteiger partial charge in [0.2, 0.25) is 0 Å². The van der Waals surface area contributed by atoms with Gasteiger partial charge in [0.1, 0.15) is 5.82 Å². The Morgan fingerprint density at radius 3 is 2.86 bits per heavy atom. The third-order valence-corrected chi connectivity index (χ3v) is 5.09. The Balaban J connectivity index is 1.86. The maximum atomic E-state index is 6.23. The first kappa shape index (κ1) is 14.5. The standard InChI is InChI=1S/C17H26N4/c1-4-13-11-21(10-9-14(13)18)12(2)17-19-15-7-5-6-8-16(15)20(17)3/h5-8,12-14H,4,9-11,18H2,1-3H3. The molecular weight excluding hydrogens is 260 g/mol. The Morgan fingerprint density at radius 1 is 1.38 bits per heavy atom. The van der Waals surface area contributed by atoms with Gasteiger partial charge in [0.25, 0.3) is 0 Å². The van der Waals surface area contributed by atoms with Gasteiger partial charge in [0, 0.05) is 26.2 Å². The fourth-order valence-electron chi connectivity index (χ4n) is 3.56. The zero-order valence-electron chi connectivity index (χ0n) is 13.3. The molecule has 2 aromatic rings. The van der Waals surface area contributed by atoms with E-state index in [9.17, 15) is 0 Å². The number of benzene rings is 1. The Bertz CT molecular complexity index is 618. The molecule has 114 valence electrons. The number of likely N-dealkylation sites (tertiary alicyclic amines) is 1. The van der Waals surface area contributed by atoms with E-state index in [-0.39, 0.29) is 0 Å². The van der Waals surface area contributed by atoms with Crippen molar-refractivity contribution >= 4 is 11.0 Å². The summed E-state index contributed by atoms with van der Waals surface area (Å²) in [6.07, 6.45) is 2.25. The van der Waals surface area contributed by atoms with E-state index in [1.165, 1.54) is 5.52 Å². The van der Waals surface area contributed by atoms with Crippen molar-refractivity contribution in [2.45, 2.75) is 38.8 Å². The Morgan fingerprint density at radius 2 is 2.14 bits per heavy atom. The van der Waals surface area contributed by atoms with Crippen molar-refractivity contribution in [3.8, 4) is 0 Å². The highest BCUT2D eigenvalue weighted by atomic mass is 15.2. The zero-order valence-corrected chi connectivity index (χ0v) is 13.3. The molecule has 3 atom stereocenters. The van der Waals surface area contributed by atoms with Crippen molar-refractivity contribution in [2.24, 2.45) is 18.7 Å². The molecule has 0 saturated carbocycles. The number of aryl methyl sites for hydroxylation is 1. The van der Waals surface area contributed by atoms with Gasteiger partial charge < -0.3 is 10.3 Å². The van der Waals surface area contributed by atoms with Crippen LogP contribution in [0, 0.1) is 5.92 Å². The highest BCUT2D eigenvalue weighted by Gasteiger charge is 2.30. The molecule has 1 fully saturated rings. The fraction of sp³-hybridized carbons (Fsp3) is 0.588. The van der Waals surface area contributed by atoms with Crippen LogP contribution < -0.4 is 5.73 Å². The summed E-state index contributed by atoms with van der Waals surface area (Å²) >= 11 is 0. The lowest BCUT2D eigenvalue weighted by Crippen LogP contribution is -2.47. The van der Waals surface area contributed by atoms with Crippen molar-refractivity contribution in [3.05, 3.63) is 30.1 Å². The van der Waals surface area contributed by atoms with Crippen LogP contribution in [0.2, 0.25) is 0 Å². The van der Waals surface area contributed by atoms with E-state index in [1.807, 2.05) is 0 Å². The van der Waals surface area contributed by atoms with Crippen LogP contribution in [-0.2, 0) is 7.05 Å². The highest BCUT2D eigenvalue weighted by Crippen LogP contribution is 2.28. The molecule has 1 aliphatic heterocycles. The molecule has 1 saturated heterocycles. The van der Waals surface area contributed by atoms with Crippen molar-refractivity contribution in [2.75, 3.05) is 13.1 Å². The van der Waals surface area contributed by atoms with Gasteiger partial charge in [0.05, 0.1) is 17.1 Å². The van der Waals surface area contributed by atoms with Crippen LogP contribution in [0.1, 0.15) is 38.6 Å². The number of imidazole rings is 1. The maximum Gasteiger partial charge on any atom is 0.126 e. The van der Waals surface area contributed by atoms with Crippen molar-refractivity contribution in [1.29, 1.82) is 0 Å². The second-order valence-corrected chi connectivity index (χ2v) is 6.31. The lowest BCUT2D eigenvalue weighted by atomic mass is 9.90. The predicted molar refractivity (Wildman–Crippen MR) is 87.1 cm³/mol. The lowest BCUT2D eigenvalue weighted by Gasteiger charge is -2.39. The first-order valence-corrected chi connectivity index (χ1v) is 8.02. The smallest absolute Gasteiger partial charge is 0.126 e. The van der Waals surface area contributed by atoms with E-state index in [0.717, 1.165) is 37.3 Å². The molecule has 0 bridgehead atoms. The molecule has 1 aromatic carbocycles. The summed E-state index contributed by atoms with van der Waals surface area (Å²) in [6.45, 7) is 6.67. The van der Waals surface area contributed by atoms with Gasteiger partial charge in [0.15, 0.2) is 0 Å². The molecule has 0 spiro atoms. The first-order valence-electron chi connectivity index (χ1n) is 8.02. The van der Waals surface area contributed by atoms with Crippen LogP contribution in [0.5, 0.6) is 0 Å². The quantitative estimate of drug-likeness (QED) is 0.943. The number of rotatable bonds is 3. The van der Waals surface area contributed by atoms with Crippen molar-refractivity contribution < 1.29 is 0 Å². The summed E-state index contributed by atoms with van der Waals surface area (Å²) in [6, 6.07) is 9.05. The molecule has 0 aliphatic carbocycles. The number of hydrogen-bond acceptors (Lipinski definition) is 3. The number of hydrogen-bond donors (Lipinski definition) is 1. The topological polar surface area (TPSA) is 47.1 Å². The summed E-state index contributed by atoms with van der Waals surface area (Å²) in [5.41, 5.74) is 8.53. The molecule has 21 heavy (non-hydrogen) atoms. The van der Waals surface area contributed by atoms with Crippen LogP contribution in [-0.4, -0.2) is 33.6 Å². The molecule has 2 heterocycles. The predicted octanol–water partition coefficient (Wildman–Crippen LogP) is 2.69. The van der Waals surface area contributed by atoms with Crippen LogP contribution in [0.4, 0.5) is 0 Å². The molecule has 4 heteroatoms. The number of nitrogens with two attached hydrogens (primary N) is 1. The van der Waals surface area contributed by atoms with Gasteiger partial charge in [-0.15, -0.1) is 0 Å². The second-order valence-electron chi connectivity index (χ2n) is 6.31. The maximum absolute atomic E-state index is 6.23. The number of piperidine rings is 1. The minimum atomic E-state index is 0.337. The van der Waals surface area contributed by atoms with Crippen LogP contribution >= 0.6 is 0 Å². The van der Waals surface area contributed by atoms with E-state index >= 15 is 0 Å². The van der Waals surface area contributed by atoms with E-state index in [0.29, 0.717) is 18.0 Å². The molecule has 3 unspecified atom stereocenters. The number of para-hydroxylation sites is 2. The van der Waals surface area contributed by atoms with E-state index < -0.39 is 0 Å². The lowest BCUT2D eigenvalue weighted by molar-refractivity contribution is 0.109. The highest BCUT2D eigenvalue weighted by molar-refractivity contribution is 5.75. The normalized spacial score (nSPS) is 25.3. The minimum absolute atomic E-state index is 0.337. The van der Waals surface area contributed by atoms with Crippen molar-refractivity contribution in [1.82, 2.24) is 14.5 Å². The Hall–Kier alpha value is -1.39. The van der Waals surface area contributed by atoms with Crippen LogP contribution in [0.25, 0.3) is 11.0 Å². The van der Waals surface area contributed by atoms with Gasteiger partial charge in [-0.05, 0) is 31.4 Å². The molecule has 3 rings (SSSR count). The molecule has 1 aliphatic rings. The second kappa shape index (κ2) is 5.78. The SMILES string of the molecule is CCC1CN(C(C)c2nc3ccccc3n2C)CCC1N. The summed E-state index contributed by atoms with van der Waals surface area (Å²) in [5.74, 6) is 1.76. The number of aromatic nitrogens is 2. The van der Waals surface area contributed by atoms with E-state index in [1.54, 1.807) is 0 Å². The Labute approximate surface area is 126 Å². The molecule has 1 aromatic heterocycles. The molecular formula is C17H26N4. The van der Waals surface area contributed by atoms with E-state index in [2.05, 4.69) is 54.6 Å². The summed E-state index contributed by atoms with van der Waals surface area (Å²) in [4.78, 5) is 7.39. The largest absolute Gasteiger partial charge is 0.330 e. The number of fused-ring (bicyclic) bond motifs is 1. The van der Waals surface area contributed by atoms with Gasteiger partial charge in [-0.25, -0.2) is 4.98 Å². The Kier molecular flexibility index (Phi) is 4.00. The first-order chi connectivity index (χ1) is 10.1. The van der Waals surface area contributed by atoms with E-state index in [4.69, 9.17) is 10.7 Å². The van der Waals surface area contributed by atoms with Crippen LogP contribution in [0.15, 0.2) is 24.3 Å². The molecule has 4 nitrogen and oxygen atoms in total.